The van der Waals surface area contributed by atoms with Gasteiger partial charge in [-0.15, -0.1) is 11.6 Å². The van der Waals surface area contributed by atoms with Crippen molar-refractivity contribution in [3.05, 3.63) is 46.5 Å². The van der Waals surface area contributed by atoms with E-state index in [1.165, 1.54) is 22.3 Å². The Morgan fingerprint density at radius 2 is 2.00 bits per heavy atom. The Labute approximate surface area is 116 Å². The molecule has 0 heterocycles. The third kappa shape index (κ3) is 4.81. The van der Waals surface area contributed by atoms with Gasteiger partial charge in [0.25, 0.3) is 0 Å². The molecular formula is C15H24ClNO. The lowest BCUT2D eigenvalue weighted by Crippen LogP contribution is -2.05. The van der Waals surface area contributed by atoms with Gasteiger partial charge in [-0.2, -0.15) is 0 Å². The molecule has 1 aromatic carbocycles. The van der Waals surface area contributed by atoms with Gasteiger partial charge in [-0.25, -0.2) is 0 Å². The van der Waals surface area contributed by atoms with Crippen LogP contribution in [0.1, 0.15) is 29.2 Å². The van der Waals surface area contributed by atoms with Crippen LogP contribution in [0.4, 0.5) is 0 Å². The van der Waals surface area contributed by atoms with Crippen LogP contribution < -0.4 is 6.15 Å². The summed E-state index contributed by atoms with van der Waals surface area (Å²) >= 11 is 5.96. The zero-order valence-corrected chi connectivity index (χ0v) is 12.4. The second-order valence-electron chi connectivity index (χ2n) is 4.54. The van der Waals surface area contributed by atoms with Crippen molar-refractivity contribution < 1.29 is 4.74 Å². The van der Waals surface area contributed by atoms with Crippen molar-refractivity contribution in [1.29, 1.82) is 0 Å². The molecule has 0 bridgehead atoms. The summed E-state index contributed by atoms with van der Waals surface area (Å²) in [6.45, 7) is 11.4. The number of alkyl halides is 1. The first-order valence-electron chi connectivity index (χ1n) is 5.92. The molecule has 0 unspecified atom stereocenters. The molecular weight excluding hydrogens is 246 g/mol. The average molecular weight is 270 g/mol. The van der Waals surface area contributed by atoms with Crippen molar-refractivity contribution >= 4 is 11.6 Å². The smallest absolute Gasteiger partial charge is 0.0671 e. The molecule has 0 aliphatic carbocycles. The van der Waals surface area contributed by atoms with Gasteiger partial charge >= 0.3 is 0 Å². The zero-order chi connectivity index (χ0) is 12.8. The normalized spacial score (nSPS) is 10.0. The maximum absolute atomic E-state index is 5.96. The van der Waals surface area contributed by atoms with Gasteiger partial charge in [0.2, 0.25) is 0 Å². The molecule has 18 heavy (non-hydrogen) atoms. The minimum atomic E-state index is 0. The summed E-state index contributed by atoms with van der Waals surface area (Å²) in [4.78, 5) is 0. The van der Waals surface area contributed by atoms with E-state index in [0.717, 1.165) is 18.6 Å². The molecule has 0 saturated carbocycles. The standard InChI is InChI=1S/C15H21ClO.H3N/c1-11(2)10-17-8-7-15-13(4)12(3)5-6-14(15)9-16;/h5-6H,1,7-10H2,2-4H3;1H3. The van der Waals surface area contributed by atoms with Crippen LogP contribution in [-0.2, 0) is 17.0 Å². The lowest BCUT2D eigenvalue weighted by molar-refractivity contribution is 0.159. The van der Waals surface area contributed by atoms with Crippen LogP contribution in [0.15, 0.2) is 24.3 Å². The predicted octanol–water partition coefficient (Wildman–Crippen LogP) is 4.34. The van der Waals surface area contributed by atoms with Crippen molar-refractivity contribution in [3.63, 3.8) is 0 Å². The molecule has 0 saturated heterocycles. The lowest BCUT2D eigenvalue weighted by atomic mass is 9.96. The maximum atomic E-state index is 5.96. The number of hydrogen-bond acceptors (Lipinski definition) is 2. The Balaban J connectivity index is 0.00000289. The summed E-state index contributed by atoms with van der Waals surface area (Å²) in [7, 11) is 0. The van der Waals surface area contributed by atoms with E-state index in [2.05, 4.69) is 32.6 Å². The van der Waals surface area contributed by atoms with Gasteiger partial charge in [-0.3, -0.25) is 0 Å². The Morgan fingerprint density at radius 3 is 2.56 bits per heavy atom. The SMILES string of the molecule is C=C(C)COCCc1c(CCl)ccc(C)c1C.N. The number of hydrogen-bond donors (Lipinski definition) is 1. The van der Waals surface area contributed by atoms with Crippen LogP contribution in [0, 0.1) is 13.8 Å². The second kappa shape index (κ2) is 8.30. The second-order valence-corrected chi connectivity index (χ2v) is 4.81. The molecule has 0 spiro atoms. The number of ether oxygens (including phenoxy) is 1. The average Bonchev–Trinajstić information content (AvgIpc) is 2.29. The summed E-state index contributed by atoms with van der Waals surface area (Å²) < 4.78 is 5.55. The van der Waals surface area contributed by atoms with E-state index in [0.29, 0.717) is 12.5 Å². The minimum absolute atomic E-state index is 0. The zero-order valence-electron chi connectivity index (χ0n) is 11.7. The van der Waals surface area contributed by atoms with E-state index in [1.807, 2.05) is 6.92 Å². The van der Waals surface area contributed by atoms with E-state index in [9.17, 15) is 0 Å². The fourth-order valence-corrected chi connectivity index (χ4v) is 2.07. The molecule has 0 aliphatic rings. The molecule has 1 rings (SSSR count). The Kier molecular flexibility index (Phi) is 7.92. The van der Waals surface area contributed by atoms with Gasteiger partial charge in [-0.05, 0) is 49.4 Å². The van der Waals surface area contributed by atoms with Gasteiger partial charge in [0.15, 0.2) is 0 Å². The summed E-state index contributed by atoms with van der Waals surface area (Å²) in [6, 6.07) is 4.24. The van der Waals surface area contributed by atoms with Crippen LogP contribution >= 0.6 is 11.6 Å². The van der Waals surface area contributed by atoms with E-state index in [-0.39, 0.29) is 6.15 Å². The Morgan fingerprint density at radius 1 is 1.33 bits per heavy atom. The first-order valence-corrected chi connectivity index (χ1v) is 6.45. The third-order valence-corrected chi connectivity index (χ3v) is 3.24. The van der Waals surface area contributed by atoms with E-state index in [1.54, 1.807) is 0 Å². The summed E-state index contributed by atoms with van der Waals surface area (Å²) in [6.07, 6.45) is 0.919. The van der Waals surface area contributed by atoms with E-state index < -0.39 is 0 Å². The molecule has 0 aliphatic heterocycles. The molecule has 0 atom stereocenters. The Bertz CT molecular complexity index is 402. The first kappa shape index (κ1) is 17.2. The van der Waals surface area contributed by atoms with Crippen LogP contribution in [-0.4, -0.2) is 13.2 Å². The van der Waals surface area contributed by atoms with Gasteiger partial charge in [0, 0.05) is 5.88 Å². The third-order valence-electron chi connectivity index (χ3n) is 2.96. The van der Waals surface area contributed by atoms with Gasteiger partial charge in [0.1, 0.15) is 0 Å². The molecule has 3 heteroatoms. The van der Waals surface area contributed by atoms with Crippen LogP contribution in [0.2, 0.25) is 0 Å². The fraction of sp³-hybridized carbons (Fsp3) is 0.467. The lowest BCUT2D eigenvalue weighted by Gasteiger charge is -2.13. The van der Waals surface area contributed by atoms with Crippen molar-refractivity contribution in [2.24, 2.45) is 0 Å². The monoisotopic (exact) mass is 269 g/mol. The number of rotatable bonds is 6. The number of benzene rings is 1. The topological polar surface area (TPSA) is 44.2 Å². The van der Waals surface area contributed by atoms with E-state index in [4.69, 9.17) is 16.3 Å². The van der Waals surface area contributed by atoms with Gasteiger partial charge in [0.05, 0.1) is 13.2 Å². The Hall–Kier alpha value is -0.830. The molecule has 3 N–H and O–H groups in total. The molecule has 2 nitrogen and oxygen atoms in total. The highest BCUT2D eigenvalue weighted by molar-refractivity contribution is 6.17. The summed E-state index contributed by atoms with van der Waals surface area (Å²) in [5, 5.41) is 0. The van der Waals surface area contributed by atoms with Crippen molar-refractivity contribution in [2.45, 2.75) is 33.1 Å². The van der Waals surface area contributed by atoms with Crippen LogP contribution in [0.5, 0.6) is 0 Å². The highest BCUT2D eigenvalue weighted by Gasteiger charge is 2.07. The fourth-order valence-electron chi connectivity index (χ4n) is 1.82. The maximum Gasteiger partial charge on any atom is 0.0671 e. The number of aryl methyl sites for hydroxylation is 1. The molecule has 0 fully saturated rings. The number of halogens is 1. The first-order chi connectivity index (χ1) is 8.06. The van der Waals surface area contributed by atoms with Crippen LogP contribution in [0.25, 0.3) is 0 Å². The molecule has 0 radical (unpaired) electrons. The van der Waals surface area contributed by atoms with Gasteiger partial charge < -0.3 is 10.9 Å². The minimum Gasteiger partial charge on any atom is -0.377 e. The van der Waals surface area contributed by atoms with Gasteiger partial charge in [-0.1, -0.05) is 24.3 Å². The predicted molar refractivity (Wildman–Crippen MR) is 79.8 cm³/mol. The summed E-state index contributed by atoms with van der Waals surface area (Å²) in [5.41, 5.74) is 6.26. The quantitative estimate of drug-likeness (QED) is 0.474. The van der Waals surface area contributed by atoms with Crippen molar-refractivity contribution in [3.8, 4) is 0 Å². The van der Waals surface area contributed by atoms with Crippen molar-refractivity contribution in [1.82, 2.24) is 6.15 Å². The molecule has 102 valence electrons. The highest BCUT2D eigenvalue weighted by atomic mass is 35.5. The molecule has 0 aromatic heterocycles. The van der Waals surface area contributed by atoms with E-state index >= 15 is 0 Å². The molecule has 0 amide bonds. The largest absolute Gasteiger partial charge is 0.377 e. The highest BCUT2D eigenvalue weighted by Crippen LogP contribution is 2.20. The molecule has 1 aromatic rings. The summed E-state index contributed by atoms with van der Waals surface area (Å²) in [5.74, 6) is 0.566. The van der Waals surface area contributed by atoms with Crippen molar-refractivity contribution in [2.75, 3.05) is 13.2 Å². The van der Waals surface area contributed by atoms with Crippen LogP contribution in [0.3, 0.4) is 0 Å².